The summed E-state index contributed by atoms with van der Waals surface area (Å²) >= 11 is 1.95. The molecule has 0 amide bonds. The second-order valence-electron chi connectivity index (χ2n) is 5.49. The van der Waals surface area contributed by atoms with E-state index in [9.17, 15) is 4.79 Å². The lowest BCUT2D eigenvalue weighted by Gasteiger charge is -2.32. The van der Waals surface area contributed by atoms with Gasteiger partial charge in [-0.1, -0.05) is 18.2 Å². The molecule has 2 unspecified atom stereocenters. The Bertz CT molecular complexity index is 452. The first-order valence-electron chi connectivity index (χ1n) is 6.92. The summed E-state index contributed by atoms with van der Waals surface area (Å²) in [5.41, 5.74) is 1.45. The molecule has 19 heavy (non-hydrogen) atoms. The SMILES string of the molecule is O=C(O)C1CCCN(CC2Cc3ccccc3S2)C1. The van der Waals surface area contributed by atoms with E-state index in [1.165, 1.54) is 10.5 Å². The maximum Gasteiger partial charge on any atom is 0.307 e. The fourth-order valence-corrected chi connectivity index (χ4v) is 4.43. The number of nitrogens with zero attached hydrogens (tertiary/aromatic N) is 1. The second kappa shape index (κ2) is 5.55. The van der Waals surface area contributed by atoms with E-state index in [1.54, 1.807) is 0 Å². The molecule has 3 rings (SSSR count). The number of hydrogen-bond acceptors (Lipinski definition) is 3. The number of fused-ring (bicyclic) bond motifs is 1. The minimum atomic E-state index is -0.632. The first kappa shape index (κ1) is 13.0. The number of carbonyl (C=O) groups is 1. The minimum Gasteiger partial charge on any atom is -0.481 e. The molecule has 0 bridgehead atoms. The predicted octanol–water partition coefficient (Wildman–Crippen LogP) is 2.50. The van der Waals surface area contributed by atoms with Gasteiger partial charge >= 0.3 is 5.97 Å². The highest BCUT2D eigenvalue weighted by molar-refractivity contribution is 8.00. The first-order chi connectivity index (χ1) is 9.22. The maximum atomic E-state index is 11.1. The summed E-state index contributed by atoms with van der Waals surface area (Å²) in [4.78, 5) is 14.8. The molecule has 4 heteroatoms. The van der Waals surface area contributed by atoms with Crippen molar-refractivity contribution < 1.29 is 9.90 Å². The van der Waals surface area contributed by atoms with E-state index in [0.717, 1.165) is 38.9 Å². The van der Waals surface area contributed by atoms with E-state index in [1.807, 2.05) is 11.8 Å². The molecular formula is C15H19NO2S. The number of piperidine rings is 1. The number of aliphatic carboxylic acids is 1. The highest BCUT2D eigenvalue weighted by atomic mass is 32.2. The monoisotopic (exact) mass is 277 g/mol. The molecule has 0 radical (unpaired) electrons. The lowest BCUT2D eigenvalue weighted by molar-refractivity contribution is -0.143. The molecule has 1 N–H and O–H groups in total. The van der Waals surface area contributed by atoms with Crippen molar-refractivity contribution in [3.63, 3.8) is 0 Å². The third-order valence-corrected chi connectivity index (χ3v) is 5.33. The minimum absolute atomic E-state index is 0.164. The summed E-state index contributed by atoms with van der Waals surface area (Å²) in [6.45, 7) is 2.79. The number of carboxylic acids is 1. The van der Waals surface area contributed by atoms with E-state index in [2.05, 4.69) is 29.2 Å². The molecule has 1 fully saturated rings. The van der Waals surface area contributed by atoms with Gasteiger partial charge in [-0.15, -0.1) is 11.8 Å². The summed E-state index contributed by atoms with van der Waals surface area (Å²) in [5.74, 6) is -0.797. The first-order valence-corrected chi connectivity index (χ1v) is 7.80. The Morgan fingerprint density at radius 2 is 2.26 bits per heavy atom. The maximum absolute atomic E-state index is 11.1. The fraction of sp³-hybridized carbons (Fsp3) is 0.533. The summed E-state index contributed by atoms with van der Waals surface area (Å²) in [6.07, 6.45) is 2.97. The largest absolute Gasteiger partial charge is 0.481 e. The molecule has 1 saturated heterocycles. The van der Waals surface area contributed by atoms with Gasteiger partial charge in [0.25, 0.3) is 0 Å². The third-order valence-electron chi connectivity index (χ3n) is 4.03. The van der Waals surface area contributed by atoms with E-state index >= 15 is 0 Å². The van der Waals surface area contributed by atoms with Crippen LogP contribution < -0.4 is 0 Å². The van der Waals surface area contributed by atoms with Crippen LogP contribution in [-0.2, 0) is 11.2 Å². The van der Waals surface area contributed by atoms with Crippen LogP contribution in [0.1, 0.15) is 18.4 Å². The van der Waals surface area contributed by atoms with Crippen molar-refractivity contribution in [2.75, 3.05) is 19.6 Å². The van der Waals surface area contributed by atoms with E-state index in [0.29, 0.717) is 5.25 Å². The van der Waals surface area contributed by atoms with Crippen LogP contribution in [-0.4, -0.2) is 40.9 Å². The number of thioether (sulfide) groups is 1. The van der Waals surface area contributed by atoms with Gasteiger partial charge in [0.05, 0.1) is 5.92 Å². The van der Waals surface area contributed by atoms with Gasteiger partial charge < -0.3 is 10.0 Å². The lowest BCUT2D eigenvalue weighted by atomic mass is 9.98. The quantitative estimate of drug-likeness (QED) is 0.921. The molecule has 1 aromatic carbocycles. The van der Waals surface area contributed by atoms with Crippen molar-refractivity contribution in [2.45, 2.75) is 29.4 Å². The van der Waals surface area contributed by atoms with Crippen molar-refractivity contribution in [3.8, 4) is 0 Å². The summed E-state index contributed by atoms with van der Waals surface area (Å²) in [5, 5.41) is 9.71. The molecule has 0 aliphatic carbocycles. The Balaban J connectivity index is 1.57. The highest BCUT2D eigenvalue weighted by Gasteiger charge is 2.29. The van der Waals surface area contributed by atoms with Crippen LogP contribution >= 0.6 is 11.8 Å². The standard InChI is InChI=1S/C15H19NO2S/c17-15(18)12-5-3-7-16(9-12)10-13-8-11-4-1-2-6-14(11)19-13/h1-2,4,6,12-13H,3,5,7-10H2,(H,17,18). The van der Waals surface area contributed by atoms with Crippen LogP contribution in [0.5, 0.6) is 0 Å². The average Bonchev–Trinajstić information content (AvgIpc) is 2.81. The summed E-state index contributed by atoms with van der Waals surface area (Å²) in [7, 11) is 0. The topological polar surface area (TPSA) is 40.5 Å². The van der Waals surface area contributed by atoms with Gasteiger partial charge in [-0.05, 0) is 37.4 Å². The van der Waals surface area contributed by atoms with Crippen molar-refractivity contribution in [1.82, 2.24) is 4.90 Å². The fourth-order valence-electron chi connectivity index (χ4n) is 3.07. The zero-order valence-corrected chi connectivity index (χ0v) is 11.7. The number of rotatable bonds is 3. The van der Waals surface area contributed by atoms with Gasteiger partial charge in [0.2, 0.25) is 0 Å². The normalized spacial score (nSPS) is 27.2. The molecule has 0 saturated carbocycles. The van der Waals surface area contributed by atoms with Gasteiger partial charge in [0.15, 0.2) is 0 Å². The van der Waals surface area contributed by atoms with Crippen LogP contribution in [0.2, 0.25) is 0 Å². The molecule has 1 aromatic rings. The molecular weight excluding hydrogens is 258 g/mol. The average molecular weight is 277 g/mol. The number of carboxylic acid groups (broad SMARTS) is 1. The van der Waals surface area contributed by atoms with Gasteiger partial charge in [-0.3, -0.25) is 4.79 Å². The van der Waals surface area contributed by atoms with Crippen LogP contribution in [0.15, 0.2) is 29.2 Å². The van der Waals surface area contributed by atoms with Crippen LogP contribution in [0.4, 0.5) is 0 Å². The zero-order chi connectivity index (χ0) is 13.2. The van der Waals surface area contributed by atoms with Gasteiger partial charge in [0, 0.05) is 23.2 Å². The number of hydrogen-bond donors (Lipinski definition) is 1. The highest BCUT2D eigenvalue weighted by Crippen LogP contribution is 2.37. The Kier molecular flexibility index (Phi) is 3.80. The predicted molar refractivity (Wildman–Crippen MR) is 76.6 cm³/mol. The van der Waals surface area contributed by atoms with Crippen molar-refractivity contribution in [2.24, 2.45) is 5.92 Å². The number of benzene rings is 1. The van der Waals surface area contributed by atoms with E-state index in [-0.39, 0.29) is 5.92 Å². The van der Waals surface area contributed by atoms with Crippen LogP contribution in [0.25, 0.3) is 0 Å². The van der Waals surface area contributed by atoms with Gasteiger partial charge in [-0.25, -0.2) is 0 Å². The van der Waals surface area contributed by atoms with Crippen LogP contribution in [0, 0.1) is 5.92 Å². The van der Waals surface area contributed by atoms with Crippen molar-refractivity contribution in [3.05, 3.63) is 29.8 Å². The van der Waals surface area contributed by atoms with Gasteiger partial charge in [-0.2, -0.15) is 0 Å². The number of likely N-dealkylation sites (tertiary alicyclic amines) is 1. The summed E-state index contributed by atoms with van der Waals surface area (Å²) < 4.78 is 0. The van der Waals surface area contributed by atoms with E-state index in [4.69, 9.17) is 5.11 Å². The van der Waals surface area contributed by atoms with Crippen LogP contribution in [0.3, 0.4) is 0 Å². The van der Waals surface area contributed by atoms with Crippen molar-refractivity contribution in [1.29, 1.82) is 0 Å². The molecule has 0 spiro atoms. The smallest absolute Gasteiger partial charge is 0.307 e. The molecule has 2 heterocycles. The summed E-state index contributed by atoms with van der Waals surface area (Å²) in [6, 6.07) is 8.59. The van der Waals surface area contributed by atoms with E-state index < -0.39 is 5.97 Å². The lowest BCUT2D eigenvalue weighted by Crippen LogP contribution is -2.41. The third kappa shape index (κ3) is 2.95. The molecule has 2 aliphatic rings. The molecule has 0 aromatic heterocycles. The second-order valence-corrected chi connectivity index (χ2v) is 6.83. The van der Waals surface area contributed by atoms with Crippen molar-refractivity contribution >= 4 is 17.7 Å². The Morgan fingerprint density at radius 3 is 3.05 bits per heavy atom. The molecule has 3 nitrogen and oxygen atoms in total. The Labute approximate surface area is 118 Å². The van der Waals surface area contributed by atoms with Gasteiger partial charge in [0.1, 0.15) is 0 Å². The zero-order valence-electron chi connectivity index (χ0n) is 10.9. The molecule has 2 aliphatic heterocycles. The molecule has 2 atom stereocenters. The molecule has 102 valence electrons. The Morgan fingerprint density at radius 1 is 1.42 bits per heavy atom. The Hall–Kier alpha value is -1.00.